The van der Waals surface area contributed by atoms with E-state index in [0.29, 0.717) is 6.61 Å². The van der Waals surface area contributed by atoms with Crippen LogP contribution in [0.5, 0.6) is 5.75 Å². The molecule has 2 atom stereocenters. The fourth-order valence-electron chi connectivity index (χ4n) is 2.75. The molecular formula is C20H28ClNO2. The number of aliphatic hydroxyl groups excluding tert-OH is 1. The summed E-state index contributed by atoms with van der Waals surface area (Å²) in [5.74, 6) is 1.02. The van der Waals surface area contributed by atoms with Crippen LogP contribution in [-0.2, 0) is 6.61 Å². The Labute approximate surface area is 151 Å². The van der Waals surface area contributed by atoms with Crippen molar-refractivity contribution in [2.45, 2.75) is 46.4 Å². The van der Waals surface area contributed by atoms with Gasteiger partial charge in [0, 0.05) is 0 Å². The second-order valence-corrected chi connectivity index (χ2v) is 6.52. The first-order valence-electron chi connectivity index (χ1n) is 8.11. The van der Waals surface area contributed by atoms with Gasteiger partial charge in [0.2, 0.25) is 0 Å². The van der Waals surface area contributed by atoms with Crippen LogP contribution in [0.15, 0.2) is 42.5 Å². The molecule has 3 nitrogen and oxygen atoms in total. The van der Waals surface area contributed by atoms with Crippen LogP contribution in [0.25, 0.3) is 0 Å². The zero-order valence-corrected chi connectivity index (χ0v) is 15.6. The second kappa shape index (κ2) is 9.07. The fourth-order valence-corrected chi connectivity index (χ4v) is 2.75. The van der Waals surface area contributed by atoms with E-state index in [-0.39, 0.29) is 24.4 Å². The molecule has 0 aliphatic heterocycles. The van der Waals surface area contributed by atoms with Crippen LogP contribution >= 0.6 is 12.4 Å². The van der Waals surface area contributed by atoms with Gasteiger partial charge in [0.25, 0.3) is 0 Å². The zero-order valence-electron chi connectivity index (χ0n) is 14.8. The van der Waals surface area contributed by atoms with Gasteiger partial charge in [-0.25, -0.2) is 0 Å². The summed E-state index contributed by atoms with van der Waals surface area (Å²) in [5, 5.41) is 10.2. The number of nitrogens with two attached hydrogens (primary N) is 1. The summed E-state index contributed by atoms with van der Waals surface area (Å²) in [6.45, 7) is 8.53. The topological polar surface area (TPSA) is 55.5 Å². The van der Waals surface area contributed by atoms with Gasteiger partial charge >= 0.3 is 0 Å². The van der Waals surface area contributed by atoms with Gasteiger partial charge in [0.05, 0.1) is 12.1 Å². The molecule has 0 heterocycles. The van der Waals surface area contributed by atoms with Gasteiger partial charge in [0.15, 0.2) is 0 Å². The van der Waals surface area contributed by atoms with Crippen LogP contribution in [0.1, 0.15) is 42.1 Å². The summed E-state index contributed by atoms with van der Waals surface area (Å²) >= 11 is 0. The normalized spacial score (nSPS) is 13.3. The molecular weight excluding hydrogens is 322 g/mol. The molecule has 2 rings (SSSR count). The van der Waals surface area contributed by atoms with E-state index in [4.69, 9.17) is 10.5 Å². The molecule has 0 aromatic heterocycles. The Hall–Kier alpha value is -1.55. The van der Waals surface area contributed by atoms with Crippen LogP contribution in [0, 0.1) is 19.8 Å². The third-order valence-corrected chi connectivity index (χ3v) is 4.14. The molecule has 0 aliphatic rings. The van der Waals surface area contributed by atoms with Crippen molar-refractivity contribution in [3.63, 3.8) is 0 Å². The third kappa shape index (κ3) is 4.97. The standard InChI is InChI=1S/C20H27NO2.ClH/c1-13(2)19(22)18(21)17-10-14(3)20(15(4)11-17)23-12-16-8-6-5-7-9-16;/h5-11,13,18-19,22H,12,21H2,1-4H3;1H/t18-,19+;/m1./s1. The first kappa shape index (κ1) is 20.5. The average Bonchev–Trinajstić information content (AvgIpc) is 2.53. The molecule has 0 amide bonds. The highest BCUT2D eigenvalue weighted by molar-refractivity contribution is 5.85. The Bertz CT molecular complexity index is 620. The smallest absolute Gasteiger partial charge is 0.125 e. The molecule has 24 heavy (non-hydrogen) atoms. The molecule has 0 fully saturated rings. The number of hydrogen-bond acceptors (Lipinski definition) is 3. The van der Waals surface area contributed by atoms with Crippen molar-refractivity contribution in [2.24, 2.45) is 11.7 Å². The highest BCUT2D eigenvalue weighted by Crippen LogP contribution is 2.29. The Morgan fingerprint density at radius 3 is 2.08 bits per heavy atom. The van der Waals surface area contributed by atoms with Crippen molar-refractivity contribution in [3.05, 3.63) is 64.7 Å². The molecule has 0 spiro atoms. The molecule has 3 N–H and O–H groups in total. The van der Waals surface area contributed by atoms with Crippen LogP contribution in [0.3, 0.4) is 0 Å². The van der Waals surface area contributed by atoms with Gasteiger partial charge in [-0.15, -0.1) is 12.4 Å². The van der Waals surface area contributed by atoms with Crippen molar-refractivity contribution in [2.75, 3.05) is 0 Å². The molecule has 2 aromatic rings. The Kier molecular flexibility index (Phi) is 7.74. The number of hydrogen-bond donors (Lipinski definition) is 2. The lowest BCUT2D eigenvalue weighted by Crippen LogP contribution is -2.30. The van der Waals surface area contributed by atoms with Gasteiger partial charge in [0.1, 0.15) is 12.4 Å². The number of halogens is 1. The molecule has 0 bridgehead atoms. The van der Waals surface area contributed by atoms with Gasteiger partial charge in [-0.1, -0.05) is 56.3 Å². The maximum atomic E-state index is 10.2. The van der Waals surface area contributed by atoms with Gasteiger partial charge in [-0.3, -0.25) is 0 Å². The number of aryl methyl sites for hydroxylation is 2. The molecule has 2 aromatic carbocycles. The van der Waals surface area contributed by atoms with Crippen molar-refractivity contribution in [1.29, 1.82) is 0 Å². The van der Waals surface area contributed by atoms with Crippen molar-refractivity contribution < 1.29 is 9.84 Å². The average molecular weight is 350 g/mol. The number of benzene rings is 2. The minimum absolute atomic E-state index is 0. The summed E-state index contributed by atoms with van der Waals surface area (Å²) in [4.78, 5) is 0. The lowest BCUT2D eigenvalue weighted by atomic mass is 9.92. The maximum absolute atomic E-state index is 10.2. The first-order chi connectivity index (χ1) is 10.9. The molecule has 0 saturated heterocycles. The summed E-state index contributed by atoms with van der Waals surface area (Å²) in [7, 11) is 0. The minimum atomic E-state index is -0.551. The second-order valence-electron chi connectivity index (χ2n) is 6.52. The largest absolute Gasteiger partial charge is 0.488 e. The van der Waals surface area contributed by atoms with Crippen molar-refractivity contribution in [3.8, 4) is 5.75 Å². The maximum Gasteiger partial charge on any atom is 0.125 e. The quantitative estimate of drug-likeness (QED) is 0.816. The van der Waals surface area contributed by atoms with Gasteiger partial charge < -0.3 is 15.6 Å². The van der Waals surface area contributed by atoms with E-state index in [0.717, 1.165) is 28.0 Å². The summed E-state index contributed by atoms with van der Waals surface area (Å²) in [6.07, 6.45) is -0.551. The molecule has 0 unspecified atom stereocenters. The molecule has 132 valence electrons. The van der Waals surface area contributed by atoms with Crippen LogP contribution in [0.2, 0.25) is 0 Å². The van der Waals surface area contributed by atoms with Crippen molar-refractivity contribution in [1.82, 2.24) is 0 Å². The predicted octanol–water partition coefficient (Wildman–Crippen LogP) is 4.32. The van der Waals surface area contributed by atoms with Crippen LogP contribution in [-0.4, -0.2) is 11.2 Å². The molecule has 0 radical (unpaired) electrons. The molecule has 0 aliphatic carbocycles. The van der Waals surface area contributed by atoms with Gasteiger partial charge in [-0.05, 0) is 42.0 Å². The van der Waals surface area contributed by atoms with E-state index in [1.807, 2.05) is 70.2 Å². The van der Waals surface area contributed by atoms with Crippen LogP contribution < -0.4 is 10.5 Å². The number of aliphatic hydroxyl groups is 1. The third-order valence-electron chi connectivity index (χ3n) is 4.14. The Balaban J connectivity index is 0.00000288. The van der Waals surface area contributed by atoms with Gasteiger partial charge in [-0.2, -0.15) is 0 Å². The minimum Gasteiger partial charge on any atom is -0.488 e. The zero-order chi connectivity index (χ0) is 17.0. The lowest BCUT2D eigenvalue weighted by molar-refractivity contribution is 0.0979. The predicted molar refractivity (Wildman–Crippen MR) is 102 cm³/mol. The Morgan fingerprint density at radius 2 is 1.58 bits per heavy atom. The van der Waals surface area contributed by atoms with Crippen LogP contribution in [0.4, 0.5) is 0 Å². The summed E-state index contributed by atoms with van der Waals surface area (Å²) < 4.78 is 5.99. The molecule has 4 heteroatoms. The van der Waals surface area contributed by atoms with E-state index >= 15 is 0 Å². The first-order valence-corrected chi connectivity index (χ1v) is 8.11. The number of rotatable bonds is 6. The van der Waals surface area contributed by atoms with E-state index in [9.17, 15) is 5.11 Å². The number of ether oxygens (including phenoxy) is 1. The van der Waals surface area contributed by atoms with E-state index in [1.165, 1.54) is 0 Å². The lowest BCUT2D eigenvalue weighted by Gasteiger charge is -2.24. The molecule has 0 saturated carbocycles. The SMILES string of the molecule is Cc1cc([C@@H](N)[C@@H](O)C(C)C)cc(C)c1OCc1ccccc1.Cl. The summed E-state index contributed by atoms with van der Waals surface area (Å²) in [6, 6.07) is 13.8. The van der Waals surface area contributed by atoms with E-state index < -0.39 is 6.10 Å². The highest BCUT2D eigenvalue weighted by Gasteiger charge is 2.21. The highest BCUT2D eigenvalue weighted by atomic mass is 35.5. The monoisotopic (exact) mass is 349 g/mol. The Morgan fingerprint density at radius 1 is 1.04 bits per heavy atom. The summed E-state index contributed by atoms with van der Waals surface area (Å²) in [5.41, 5.74) is 10.4. The fraction of sp³-hybridized carbons (Fsp3) is 0.400. The van der Waals surface area contributed by atoms with Crippen molar-refractivity contribution >= 4 is 12.4 Å². The van der Waals surface area contributed by atoms with E-state index in [1.54, 1.807) is 0 Å². The van der Waals surface area contributed by atoms with E-state index in [2.05, 4.69) is 0 Å².